The molecule has 0 aliphatic rings. The summed E-state index contributed by atoms with van der Waals surface area (Å²) in [7, 11) is 0. The van der Waals surface area contributed by atoms with Crippen molar-refractivity contribution >= 4 is 23.4 Å². The molecule has 20 heavy (non-hydrogen) atoms. The van der Waals surface area contributed by atoms with Crippen LogP contribution in [0.15, 0.2) is 35.6 Å². The van der Waals surface area contributed by atoms with Gasteiger partial charge in [-0.15, -0.1) is 0 Å². The Morgan fingerprint density at radius 2 is 2.15 bits per heavy atom. The molecule has 0 aliphatic carbocycles. The van der Waals surface area contributed by atoms with Gasteiger partial charge in [-0.05, 0) is 30.5 Å². The molecule has 0 bridgehead atoms. The van der Waals surface area contributed by atoms with Gasteiger partial charge in [-0.2, -0.15) is 13.2 Å². The van der Waals surface area contributed by atoms with E-state index in [4.69, 9.17) is 11.6 Å². The lowest BCUT2D eigenvalue weighted by atomic mass is 10.0. The van der Waals surface area contributed by atoms with E-state index in [1.165, 1.54) is 18.4 Å². The SMILES string of the molecule is C=C(CC)N=C/C(=C\C)c1cc(Cl)ncc1C(F)(F)F. The summed E-state index contributed by atoms with van der Waals surface area (Å²) in [4.78, 5) is 7.51. The quantitative estimate of drug-likeness (QED) is 0.557. The Kier molecular flexibility index (Phi) is 5.51. The van der Waals surface area contributed by atoms with Gasteiger partial charge in [0, 0.05) is 18.1 Å². The summed E-state index contributed by atoms with van der Waals surface area (Å²) in [5.74, 6) is 0. The minimum Gasteiger partial charge on any atom is -0.261 e. The number of hydrogen-bond acceptors (Lipinski definition) is 2. The molecule has 0 aromatic carbocycles. The molecule has 1 aromatic heterocycles. The van der Waals surface area contributed by atoms with E-state index < -0.39 is 11.7 Å². The molecule has 2 nitrogen and oxygen atoms in total. The van der Waals surface area contributed by atoms with Gasteiger partial charge in [0.15, 0.2) is 0 Å². The number of halogens is 4. The summed E-state index contributed by atoms with van der Waals surface area (Å²) in [5, 5.41) is -0.00457. The first-order chi connectivity index (χ1) is 9.29. The zero-order chi connectivity index (χ0) is 15.3. The van der Waals surface area contributed by atoms with Crippen molar-refractivity contribution in [1.82, 2.24) is 4.98 Å². The summed E-state index contributed by atoms with van der Waals surface area (Å²) in [6.07, 6.45) is -0.267. The van der Waals surface area contributed by atoms with Crippen LogP contribution in [0.25, 0.3) is 5.57 Å². The highest BCUT2D eigenvalue weighted by Gasteiger charge is 2.34. The Balaban J connectivity index is 3.32. The molecule has 0 amide bonds. The van der Waals surface area contributed by atoms with Crippen molar-refractivity contribution in [3.8, 4) is 0 Å². The van der Waals surface area contributed by atoms with Crippen LogP contribution in [0.4, 0.5) is 13.2 Å². The molecule has 0 radical (unpaired) electrons. The summed E-state index contributed by atoms with van der Waals surface area (Å²) in [6.45, 7) is 7.17. The number of aliphatic imine (C=N–C) groups is 1. The fourth-order valence-electron chi connectivity index (χ4n) is 1.45. The molecule has 0 saturated carbocycles. The van der Waals surface area contributed by atoms with Crippen molar-refractivity contribution in [3.63, 3.8) is 0 Å². The maximum absolute atomic E-state index is 13.0. The van der Waals surface area contributed by atoms with Gasteiger partial charge >= 0.3 is 6.18 Å². The fourth-order valence-corrected chi connectivity index (χ4v) is 1.60. The molecule has 0 saturated heterocycles. The van der Waals surface area contributed by atoms with Crippen molar-refractivity contribution < 1.29 is 13.2 Å². The van der Waals surface area contributed by atoms with E-state index in [2.05, 4.69) is 16.6 Å². The largest absolute Gasteiger partial charge is 0.418 e. The highest BCUT2D eigenvalue weighted by Crippen LogP contribution is 2.35. The van der Waals surface area contributed by atoms with Gasteiger partial charge in [-0.1, -0.05) is 31.2 Å². The Labute approximate surface area is 120 Å². The fraction of sp³-hybridized carbons (Fsp3) is 0.286. The third-order valence-corrected chi connectivity index (χ3v) is 2.80. The monoisotopic (exact) mass is 302 g/mol. The number of alkyl halides is 3. The number of aromatic nitrogens is 1. The van der Waals surface area contributed by atoms with Gasteiger partial charge < -0.3 is 0 Å². The second-order valence-corrected chi connectivity index (χ2v) is 4.36. The predicted octanol–water partition coefficient (Wildman–Crippen LogP) is 5.15. The van der Waals surface area contributed by atoms with Crippen LogP contribution in [0, 0.1) is 0 Å². The van der Waals surface area contributed by atoms with Crippen LogP contribution in [-0.4, -0.2) is 11.2 Å². The second-order valence-electron chi connectivity index (χ2n) is 3.97. The lowest BCUT2D eigenvalue weighted by Gasteiger charge is -2.13. The van der Waals surface area contributed by atoms with Crippen molar-refractivity contribution in [3.05, 3.63) is 46.9 Å². The topological polar surface area (TPSA) is 25.2 Å². The number of allylic oxidation sites excluding steroid dienone is 3. The molecular weight excluding hydrogens is 289 g/mol. The molecule has 0 N–H and O–H groups in total. The highest BCUT2D eigenvalue weighted by molar-refractivity contribution is 6.29. The Bertz CT molecular complexity index is 560. The maximum Gasteiger partial charge on any atom is 0.418 e. The van der Waals surface area contributed by atoms with Crippen LogP contribution in [0.1, 0.15) is 31.4 Å². The molecule has 108 valence electrons. The van der Waals surface area contributed by atoms with Crippen molar-refractivity contribution in [2.75, 3.05) is 0 Å². The second kappa shape index (κ2) is 6.70. The van der Waals surface area contributed by atoms with Gasteiger partial charge in [0.1, 0.15) is 5.15 Å². The van der Waals surface area contributed by atoms with E-state index in [1.54, 1.807) is 6.92 Å². The molecule has 1 rings (SSSR count). The van der Waals surface area contributed by atoms with Crippen LogP contribution in [-0.2, 0) is 6.18 Å². The van der Waals surface area contributed by atoms with Crippen LogP contribution in [0.5, 0.6) is 0 Å². The van der Waals surface area contributed by atoms with E-state index in [9.17, 15) is 13.2 Å². The number of rotatable bonds is 4. The molecule has 0 aliphatic heterocycles. The normalized spacial score (nSPS) is 13.0. The minimum atomic E-state index is -4.50. The zero-order valence-electron chi connectivity index (χ0n) is 11.1. The van der Waals surface area contributed by atoms with E-state index in [0.717, 1.165) is 6.20 Å². The van der Waals surface area contributed by atoms with Gasteiger partial charge in [-0.3, -0.25) is 4.99 Å². The predicted molar refractivity (Wildman–Crippen MR) is 75.8 cm³/mol. The van der Waals surface area contributed by atoms with Crippen molar-refractivity contribution in [2.45, 2.75) is 26.4 Å². The zero-order valence-corrected chi connectivity index (χ0v) is 11.9. The molecule has 1 aromatic rings. The standard InChI is InChI=1S/C14H14ClF3N2/c1-4-9(3)19-7-10(5-2)11-6-13(15)20-8-12(11)14(16,17)18/h5-8H,3-4H2,1-2H3/b10-5+,19-7?. The van der Waals surface area contributed by atoms with E-state index >= 15 is 0 Å². The third kappa shape index (κ3) is 4.20. The maximum atomic E-state index is 13.0. The van der Waals surface area contributed by atoms with Gasteiger partial charge in [0.05, 0.1) is 5.56 Å². The first-order valence-corrected chi connectivity index (χ1v) is 6.28. The van der Waals surface area contributed by atoms with Crippen molar-refractivity contribution in [2.24, 2.45) is 4.99 Å². The minimum absolute atomic E-state index is 0.00457. The summed E-state index contributed by atoms with van der Waals surface area (Å²) < 4.78 is 38.9. The smallest absolute Gasteiger partial charge is 0.261 e. The van der Waals surface area contributed by atoms with Crippen LogP contribution < -0.4 is 0 Å². The summed E-state index contributed by atoms with van der Waals surface area (Å²) in [6, 6.07) is 1.18. The average molecular weight is 303 g/mol. The Morgan fingerprint density at radius 3 is 2.65 bits per heavy atom. The van der Waals surface area contributed by atoms with E-state index in [0.29, 0.717) is 17.7 Å². The first kappa shape index (κ1) is 16.4. The molecule has 0 unspecified atom stereocenters. The number of nitrogens with zero attached hydrogens (tertiary/aromatic N) is 2. The summed E-state index contributed by atoms with van der Waals surface area (Å²) >= 11 is 5.69. The molecule has 0 atom stereocenters. The van der Waals surface area contributed by atoms with Crippen LogP contribution in [0.3, 0.4) is 0 Å². The van der Waals surface area contributed by atoms with Gasteiger partial charge in [0.25, 0.3) is 0 Å². The van der Waals surface area contributed by atoms with Crippen LogP contribution >= 0.6 is 11.6 Å². The molecular formula is C14H14ClF3N2. The van der Waals surface area contributed by atoms with Crippen LogP contribution in [0.2, 0.25) is 5.15 Å². The van der Waals surface area contributed by atoms with E-state index in [-0.39, 0.29) is 10.7 Å². The summed E-state index contributed by atoms with van der Waals surface area (Å²) in [5.41, 5.74) is 0.00509. The molecule has 0 spiro atoms. The molecule has 1 heterocycles. The lowest BCUT2D eigenvalue weighted by molar-refractivity contribution is -0.138. The Morgan fingerprint density at radius 1 is 1.50 bits per heavy atom. The highest BCUT2D eigenvalue weighted by atomic mass is 35.5. The number of pyridine rings is 1. The van der Waals surface area contributed by atoms with E-state index in [1.807, 2.05) is 6.92 Å². The lowest BCUT2D eigenvalue weighted by Crippen LogP contribution is -2.10. The number of hydrogen-bond donors (Lipinski definition) is 0. The molecule has 0 fully saturated rings. The Hall–Kier alpha value is -1.62. The van der Waals surface area contributed by atoms with Gasteiger partial charge in [-0.25, -0.2) is 4.98 Å². The van der Waals surface area contributed by atoms with Gasteiger partial charge in [0.2, 0.25) is 0 Å². The van der Waals surface area contributed by atoms with Crippen molar-refractivity contribution in [1.29, 1.82) is 0 Å². The average Bonchev–Trinajstić information content (AvgIpc) is 2.37. The third-order valence-electron chi connectivity index (χ3n) is 2.59. The first-order valence-electron chi connectivity index (χ1n) is 5.90. The molecule has 6 heteroatoms.